The Hall–Kier alpha value is -2.71. The summed E-state index contributed by atoms with van der Waals surface area (Å²) in [6, 6.07) is 11.4. The van der Waals surface area contributed by atoms with E-state index in [9.17, 15) is 13.2 Å². The lowest BCUT2D eigenvalue weighted by atomic mass is 10.00. The number of benzene rings is 2. The molecule has 0 aliphatic heterocycles. The molecule has 0 aliphatic carbocycles. The van der Waals surface area contributed by atoms with Crippen LogP contribution in [-0.4, -0.2) is 24.5 Å². The number of amides is 1. The average molecular weight is 316 g/mol. The van der Waals surface area contributed by atoms with Gasteiger partial charge in [-0.3, -0.25) is 9.89 Å². The molecular weight excluding hydrogens is 304 g/mol. The van der Waals surface area contributed by atoms with Crippen LogP contribution < -0.4 is 10.9 Å². The van der Waals surface area contributed by atoms with Crippen molar-refractivity contribution in [3.05, 3.63) is 48.2 Å². The van der Waals surface area contributed by atoms with Crippen LogP contribution >= 0.6 is 0 Å². The number of nitrogens with one attached hydrogen (secondary N) is 1. The van der Waals surface area contributed by atoms with Crippen LogP contribution in [0.4, 0.5) is 0 Å². The molecule has 1 aromatic heterocycles. The van der Waals surface area contributed by atoms with Crippen molar-refractivity contribution in [2.45, 2.75) is 4.90 Å². The summed E-state index contributed by atoms with van der Waals surface area (Å²) >= 11 is 0. The molecule has 22 heavy (non-hydrogen) atoms. The van der Waals surface area contributed by atoms with Crippen LogP contribution in [0.2, 0.25) is 0 Å². The number of hydrogen-bond acceptors (Lipinski definition) is 4. The number of primary sulfonamides is 1. The molecule has 5 N–H and O–H groups in total. The molecule has 112 valence electrons. The lowest BCUT2D eigenvalue weighted by Gasteiger charge is -2.06. The van der Waals surface area contributed by atoms with E-state index in [0.29, 0.717) is 22.0 Å². The van der Waals surface area contributed by atoms with Crippen molar-refractivity contribution in [2.24, 2.45) is 10.9 Å². The third-order valence-electron chi connectivity index (χ3n) is 3.30. The molecule has 3 rings (SSSR count). The van der Waals surface area contributed by atoms with E-state index in [1.807, 2.05) is 0 Å². The normalized spacial score (nSPS) is 11.7. The van der Waals surface area contributed by atoms with E-state index in [1.165, 1.54) is 12.1 Å². The summed E-state index contributed by atoms with van der Waals surface area (Å²) in [7, 11) is -3.81. The van der Waals surface area contributed by atoms with Gasteiger partial charge in [0.25, 0.3) is 5.91 Å². The van der Waals surface area contributed by atoms with Gasteiger partial charge in [0.1, 0.15) is 0 Å². The van der Waals surface area contributed by atoms with Crippen molar-refractivity contribution in [3.63, 3.8) is 0 Å². The minimum Gasteiger partial charge on any atom is -0.364 e. The number of primary amides is 1. The number of H-pyrrole nitrogens is 1. The number of nitrogens with two attached hydrogens (primary N) is 2. The van der Waals surface area contributed by atoms with Gasteiger partial charge in [0.05, 0.1) is 10.4 Å². The zero-order valence-corrected chi connectivity index (χ0v) is 12.1. The maximum atomic E-state index is 11.5. The van der Waals surface area contributed by atoms with Gasteiger partial charge in [-0.25, -0.2) is 13.6 Å². The minimum absolute atomic E-state index is 0.00822. The van der Waals surface area contributed by atoms with Crippen LogP contribution in [0.3, 0.4) is 0 Å². The highest BCUT2D eigenvalue weighted by Gasteiger charge is 2.16. The highest BCUT2D eigenvalue weighted by atomic mass is 32.2. The molecular formula is C14H12N4O3S. The smallest absolute Gasteiger partial charge is 0.269 e. The summed E-state index contributed by atoms with van der Waals surface area (Å²) in [6.45, 7) is 0. The predicted octanol–water partition coefficient (Wildman–Crippen LogP) is 0.976. The van der Waals surface area contributed by atoms with Crippen molar-refractivity contribution in [3.8, 4) is 11.1 Å². The zero-order chi connectivity index (χ0) is 15.9. The van der Waals surface area contributed by atoms with Crippen molar-refractivity contribution < 1.29 is 13.2 Å². The standard InChI is InChI=1S/C14H12N4O3S/c15-14(19)13-12-10(5-2-6-11(12)17-18-13)8-3-1-4-9(7-8)22(16,20)21/h1-7H,(H2,15,19)(H,17,18)(H2,16,20,21). The number of sulfonamides is 1. The van der Waals surface area contributed by atoms with E-state index in [4.69, 9.17) is 10.9 Å². The second-order valence-electron chi connectivity index (χ2n) is 4.74. The van der Waals surface area contributed by atoms with Crippen LogP contribution in [-0.2, 0) is 10.0 Å². The lowest BCUT2D eigenvalue weighted by Crippen LogP contribution is -2.12. The molecule has 0 aliphatic rings. The summed E-state index contributed by atoms with van der Waals surface area (Å²) in [5.74, 6) is -0.665. The predicted molar refractivity (Wildman–Crippen MR) is 81.4 cm³/mol. The number of carbonyl (C=O) groups is 1. The molecule has 0 fully saturated rings. The molecule has 3 aromatic rings. The summed E-state index contributed by atoms with van der Waals surface area (Å²) < 4.78 is 23.0. The fourth-order valence-corrected chi connectivity index (χ4v) is 2.89. The average Bonchev–Trinajstić information content (AvgIpc) is 2.90. The van der Waals surface area contributed by atoms with Gasteiger partial charge < -0.3 is 5.73 Å². The van der Waals surface area contributed by atoms with Gasteiger partial charge >= 0.3 is 0 Å². The number of fused-ring (bicyclic) bond motifs is 1. The molecule has 8 heteroatoms. The fourth-order valence-electron chi connectivity index (χ4n) is 2.33. The molecule has 0 spiro atoms. The number of rotatable bonds is 3. The van der Waals surface area contributed by atoms with Crippen molar-refractivity contribution >= 4 is 26.8 Å². The van der Waals surface area contributed by atoms with Gasteiger partial charge in [-0.05, 0) is 29.3 Å². The number of carbonyl (C=O) groups excluding carboxylic acids is 1. The number of aromatic nitrogens is 2. The van der Waals surface area contributed by atoms with Crippen LogP contribution in [0.25, 0.3) is 22.0 Å². The molecule has 7 nitrogen and oxygen atoms in total. The van der Waals surface area contributed by atoms with Gasteiger partial charge in [0, 0.05) is 5.39 Å². The molecule has 0 bridgehead atoms. The lowest BCUT2D eigenvalue weighted by molar-refractivity contribution is 0.0997. The van der Waals surface area contributed by atoms with E-state index >= 15 is 0 Å². The van der Waals surface area contributed by atoms with Crippen molar-refractivity contribution in [1.29, 1.82) is 0 Å². The van der Waals surface area contributed by atoms with E-state index in [0.717, 1.165) is 0 Å². The molecule has 1 amide bonds. The second-order valence-corrected chi connectivity index (χ2v) is 6.30. The summed E-state index contributed by atoms with van der Waals surface area (Å²) in [4.78, 5) is 11.5. The maximum absolute atomic E-state index is 11.5. The van der Waals surface area contributed by atoms with E-state index in [2.05, 4.69) is 10.2 Å². The molecule has 0 radical (unpaired) electrons. The number of hydrogen-bond donors (Lipinski definition) is 3. The third-order valence-corrected chi connectivity index (χ3v) is 4.21. The molecule has 0 saturated heterocycles. The minimum atomic E-state index is -3.81. The van der Waals surface area contributed by atoms with Gasteiger partial charge in [0.2, 0.25) is 10.0 Å². The highest BCUT2D eigenvalue weighted by molar-refractivity contribution is 7.89. The van der Waals surface area contributed by atoms with Crippen molar-refractivity contribution in [2.75, 3.05) is 0 Å². The Morgan fingerprint density at radius 1 is 1.14 bits per heavy atom. The summed E-state index contributed by atoms with van der Waals surface area (Å²) in [5, 5.41) is 12.3. The topological polar surface area (TPSA) is 132 Å². The number of aromatic amines is 1. The molecule has 2 aromatic carbocycles. The molecule has 0 unspecified atom stereocenters. The van der Waals surface area contributed by atoms with Gasteiger partial charge in [0.15, 0.2) is 5.69 Å². The van der Waals surface area contributed by atoms with Gasteiger partial charge in [-0.1, -0.05) is 24.3 Å². The summed E-state index contributed by atoms with van der Waals surface area (Å²) in [5.41, 5.74) is 7.31. The zero-order valence-electron chi connectivity index (χ0n) is 11.3. The Kier molecular flexibility index (Phi) is 3.19. The molecule has 1 heterocycles. The maximum Gasteiger partial charge on any atom is 0.269 e. The Bertz CT molecular complexity index is 992. The monoisotopic (exact) mass is 316 g/mol. The first-order valence-corrected chi connectivity index (χ1v) is 7.82. The Morgan fingerprint density at radius 3 is 2.55 bits per heavy atom. The fraction of sp³-hybridized carbons (Fsp3) is 0. The van der Waals surface area contributed by atoms with E-state index in [-0.39, 0.29) is 10.6 Å². The van der Waals surface area contributed by atoms with Gasteiger partial charge in [-0.15, -0.1) is 0 Å². The largest absolute Gasteiger partial charge is 0.364 e. The Labute approximate surface area is 126 Å². The molecule has 0 atom stereocenters. The van der Waals surface area contributed by atoms with Gasteiger partial charge in [-0.2, -0.15) is 5.10 Å². The van der Waals surface area contributed by atoms with Crippen molar-refractivity contribution in [1.82, 2.24) is 10.2 Å². The SMILES string of the molecule is NC(=O)c1n[nH]c2cccc(-c3cccc(S(N)(=O)=O)c3)c12. The summed E-state index contributed by atoms with van der Waals surface area (Å²) in [6.07, 6.45) is 0. The first-order valence-electron chi connectivity index (χ1n) is 6.28. The highest BCUT2D eigenvalue weighted by Crippen LogP contribution is 2.30. The Morgan fingerprint density at radius 2 is 1.86 bits per heavy atom. The van der Waals surface area contributed by atoms with Crippen LogP contribution in [0, 0.1) is 0 Å². The number of nitrogens with zero attached hydrogens (tertiary/aromatic N) is 1. The van der Waals surface area contributed by atoms with E-state index in [1.54, 1.807) is 30.3 Å². The third kappa shape index (κ3) is 2.34. The van der Waals surface area contributed by atoms with Crippen LogP contribution in [0.15, 0.2) is 47.4 Å². The Balaban J connectivity index is 2.31. The first-order chi connectivity index (χ1) is 10.4. The van der Waals surface area contributed by atoms with E-state index < -0.39 is 15.9 Å². The van der Waals surface area contributed by atoms with Crippen LogP contribution in [0.1, 0.15) is 10.5 Å². The first kappa shape index (κ1) is 14.2. The quantitative estimate of drug-likeness (QED) is 0.664. The van der Waals surface area contributed by atoms with Crippen LogP contribution in [0.5, 0.6) is 0 Å². The molecule has 0 saturated carbocycles. The second kappa shape index (κ2) is 4.93.